The van der Waals surface area contributed by atoms with Gasteiger partial charge < -0.3 is 10.1 Å². The molecule has 1 fully saturated rings. The molecule has 2 atom stereocenters. The molecular formula is C13H14N2O3. The van der Waals surface area contributed by atoms with Crippen LogP contribution in [0.3, 0.4) is 0 Å². The third kappa shape index (κ3) is 2.25. The van der Waals surface area contributed by atoms with Crippen molar-refractivity contribution in [3.63, 3.8) is 0 Å². The summed E-state index contributed by atoms with van der Waals surface area (Å²) in [6, 6.07) is 9.07. The van der Waals surface area contributed by atoms with Crippen LogP contribution >= 0.6 is 0 Å². The zero-order valence-corrected chi connectivity index (χ0v) is 10.2. The van der Waals surface area contributed by atoms with Crippen LogP contribution < -0.4 is 5.32 Å². The molecule has 2 rings (SSSR count). The van der Waals surface area contributed by atoms with Gasteiger partial charge in [0, 0.05) is 12.7 Å². The van der Waals surface area contributed by atoms with Crippen LogP contribution in [-0.2, 0) is 14.3 Å². The number of esters is 1. The highest BCUT2D eigenvalue weighted by Gasteiger charge is 2.43. The first kappa shape index (κ1) is 12.3. The van der Waals surface area contributed by atoms with Gasteiger partial charge in [-0.3, -0.25) is 9.79 Å². The fourth-order valence-corrected chi connectivity index (χ4v) is 1.96. The number of benzene rings is 1. The average Bonchev–Trinajstić information content (AvgIpc) is 2.64. The minimum absolute atomic E-state index is 0.177. The number of hydrogen-bond acceptors (Lipinski definition) is 4. The largest absolute Gasteiger partial charge is 0.457 e. The molecule has 1 aliphatic heterocycles. The number of carbonyl (C=O) groups is 2. The molecule has 1 aliphatic rings. The molecule has 1 saturated heterocycles. The van der Waals surface area contributed by atoms with E-state index >= 15 is 0 Å². The molecule has 1 aromatic carbocycles. The van der Waals surface area contributed by atoms with Crippen molar-refractivity contribution in [2.24, 2.45) is 10.9 Å². The fourth-order valence-electron chi connectivity index (χ4n) is 1.96. The Kier molecular flexibility index (Phi) is 3.41. The van der Waals surface area contributed by atoms with E-state index in [4.69, 9.17) is 4.74 Å². The topological polar surface area (TPSA) is 67.8 Å². The monoisotopic (exact) mass is 246 g/mol. The van der Waals surface area contributed by atoms with E-state index in [0.29, 0.717) is 5.69 Å². The third-order valence-electron chi connectivity index (χ3n) is 2.83. The van der Waals surface area contributed by atoms with Crippen LogP contribution in [0.2, 0.25) is 0 Å². The second-order valence-electron chi connectivity index (χ2n) is 4.05. The van der Waals surface area contributed by atoms with Gasteiger partial charge in [-0.15, -0.1) is 0 Å². The summed E-state index contributed by atoms with van der Waals surface area (Å²) in [5.74, 6) is -1.44. The Hall–Kier alpha value is -2.17. The summed E-state index contributed by atoms with van der Waals surface area (Å²) in [4.78, 5) is 27.4. The van der Waals surface area contributed by atoms with Crippen molar-refractivity contribution in [2.75, 3.05) is 12.4 Å². The van der Waals surface area contributed by atoms with Crippen LogP contribution in [0.25, 0.3) is 0 Å². The van der Waals surface area contributed by atoms with Crippen molar-refractivity contribution >= 4 is 23.3 Å². The molecule has 1 amide bonds. The molecule has 1 N–H and O–H groups in total. The fraction of sp³-hybridized carbons (Fsp3) is 0.308. The van der Waals surface area contributed by atoms with Gasteiger partial charge >= 0.3 is 5.97 Å². The van der Waals surface area contributed by atoms with Crippen molar-refractivity contribution in [3.8, 4) is 0 Å². The molecule has 1 heterocycles. The quantitative estimate of drug-likeness (QED) is 0.799. The number of rotatable bonds is 2. The number of ether oxygens (including phenoxy) is 1. The lowest BCUT2D eigenvalue weighted by Gasteiger charge is -2.13. The number of aliphatic imine (C=N–C) groups is 1. The first-order valence-corrected chi connectivity index (χ1v) is 5.67. The lowest BCUT2D eigenvalue weighted by atomic mass is 9.99. The molecule has 0 aromatic heterocycles. The Morgan fingerprint density at radius 2 is 2.00 bits per heavy atom. The molecule has 5 nitrogen and oxygen atoms in total. The Morgan fingerprint density at radius 1 is 1.33 bits per heavy atom. The van der Waals surface area contributed by atoms with E-state index in [1.165, 1.54) is 7.05 Å². The van der Waals surface area contributed by atoms with Crippen molar-refractivity contribution in [1.29, 1.82) is 0 Å². The number of carbonyl (C=O) groups excluding carboxylic acids is 2. The summed E-state index contributed by atoms with van der Waals surface area (Å²) >= 11 is 0. The molecule has 0 spiro atoms. The van der Waals surface area contributed by atoms with Crippen molar-refractivity contribution in [1.82, 2.24) is 0 Å². The van der Waals surface area contributed by atoms with Gasteiger partial charge in [-0.2, -0.15) is 0 Å². The van der Waals surface area contributed by atoms with Crippen LogP contribution in [0.15, 0.2) is 35.3 Å². The number of hydrogen-bond donors (Lipinski definition) is 1. The molecular weight excluding hydrogens is 232 g/mol. The number of amides is 1. The number of nitrogens with one attached hydrogen (secondary N) is 1. The average molecular weight is 246 g/mol. The number of anilines is 1. The summed E-state index contributed by atoms with van der Waals surface area (Å²) in [7, 11) is 1.48. The van der Waals surface area contributed by atoms with Crippen LogP contribution in [0.5, 0.6) is 0 Å². The highest BCUT2D eigenvalue weighted by Crippen LogP contribution is 2.21. The molecule has 0 saturated carbocycles. The summed E-state index contributed by atoms with van der Waals surface area (Å²) in [5, 5.41) is 2.75. The highest BCUT2D eigenvalue weighted by atomic mass is 16.6. The van der Waals surface area contributed by atoms with E-state index in [0.717, 1.165) is 0 Å². The molecule has 94 valence electrons. The standard InChI is InChI=1S/C13H14N2O3/c1-8-10(11(14-2)13(17)18-8)12(16)15-9-6-4-3-5-7-9/h3-8,10H,1-2H3,(H,15,16). The third-order valence-corrected chi connectivity index (χ3v) is 2.83. The van der Waals surface area contributed by atoms with Crippen molar-refractivity contribution in [3.05, 3.63) is 30.3 Å². The maximum atomic E-state index is 12.1. The minimum atomic E-state index is -0.650. The van der Waals surface area contributed by atoms with E-state index in [1.54, 1.807) is 19.1 Å². The first-order chi connectivity index (χ1) is 8.63. The van der Waals surface area contributed by atoms with Crippen LogP contribution in [0, 0.1) is 5.92 Å². The van der Waals surface area contributed by atoms with E-state index < -0.39 is 18.0 Å². The van der Waals surface area contributed by atoms with Crippen molar-refractivity contribution in [2.45, 2.75) is 13.0 Å². The first-order valence-electron chi connectivity index (χ1n) is 5.67. The maximum absolute atomic E-state index is 12.1. The Labute approximate surface area is 105 Å². The zero-order chi connectivity index (χ0) is 13.1. The molecule has 18 heavy (non-hydrogen) atoms. The summed E-state index contributed by atoms with van der Waals surface area (Å²) in [6.45, 7) is 1.69. The highest BCUT2D eigenvalue weighted by molar-refractivity contribution is 6.43. The minimum Gasteiger partial charge on any atom is -0.457 e. The number of cyclic esters (lactones) is 1. The van der Waals surface area contributed by atoms with Gasteiger partial charge in [0.25, 0.3) is 0 Å². The Balaban J connectivity index is 2.16. The Bertz CT molecular complexity index is 496. The second kappa shape index (κ2) is 5.00. The summed E-state index contributed by atoms with van der Waals surface area (Å²) < 4.78 is 5.01. The second-order valence-corrected chi connectivity index (χ2v) is 4.05. The summed E-state index contributed by atoms with van der Waals surface area (Å²) in [6.07, 6.45) is -0.486. The van der Waals surface area contributed by atoms with Gasteiger partial charge in [-0.25, -0.2) is 4.79 Å². The van der Waals surface area contributed by atoms with Crippen LogP contribution in [0.4, 0.5) is 5.69 Å². The number of nitrogens with zero attached hydrogens (tertiary/aromatic N) is 1. The van der Waals surface area contributed by atoms with Gasteiger partial charge in [0.15, 0.2) is 0 Å². The van der Waals surface area contributed by atoms with Crippen LogP contribution in [-0.4, -0.2) is 30.7 Å². The normalized spacial score (nSPS) is 25.0. The zero-order valence-electron chi connectivity index (χ0n) is 10.2. The van der Waals surface area contributed by atoms with Gasteiger partial charge in [-0.1, -0.05) is 18.2 Å². The van der Waals surface area contributed by atoms with Gasteiger partial charge in [0.1, 0.15) is 17.7 Å². The van der Waals surface area contributed by atoms with E-state index in [2.05, 4.69) is 10.3 Å². The molecule has 0 bridgehead atoms. The smallest absolute Gasteiger partial charge is 0.353 e. The van der Waals surface area contributed by atoms with Crippen LogP contribution in [0.1, 0.15) is 6.92 Å². The summed E-state index contributed by atoms with van der Waals surface area (Å²) in [5.41, 5.74) is 0.862. The van der Waals surface area contributed by atoms with E-state index in [-0.39, 0.29) is 11.6 Å². The molecule has 5 heteroatoms. The predicted molar refractivity (Wildman–Crippen MR) is 67.5 cm³/mol. The van der Waals surface area contributed by atoms with Gasteiger partial charge in [0.2, 0.25) is 5.91 Å². The Morgan fingerprint density at radius 3 is 2.61 bits per heavy atom. The molecule has 0 radical (unpaired) electrons. The SMILES string of the molecule is CN=C1C(=O)OC(C)C1C(=O)Nc1ccccc1. The molecule has 2 unspecified atom stereocenters. The van der Waals surface area contributed by atoms with E-state index in [1.807, 2.05) is 18.2 Å². The van der Waals surface area contributed by atoms with Crippen molar-refractivity contribution < 1.29 is 14.3 Å². The molecule has 0 aliphatic carbocycles. The van der Waals surface area contributed by atoms with E-state index in [9.17, 15) is 9.59 Å². The lowest BCUT2D eigenvalue weighted by molar-refractivity contribution is -0.137. The number of para-hydroxylation sites is 1. The lowest BCUT2D eigenvalue weighted by Crippen LogP contribution is -2.33. The maximum Gasteiger partial charge on any atom is 0.353 e. The molecule has 1 aromatic rings. The predicted octanol–water partition coefficient (Wildman–Crippen LogP) is 1.26. The van der Waals surface area contributed by atoms with Gasteiger partial charge in [0.05, 0.1) is 0 Å². The van der Waals surface area contributed by atoms with Gasteiger partial charge in [-0.05, 0) is 19.1 Å².